The van der Waals surface area contributed by atoms with Gasteiger partial charge in [0.25, 0.3) is 0 Å². The molecule has 0 N–H and O–H groups in total. The smallest absolute Gasteiger partial charge is 0.0708 e. The molecule has 1 aromatic rings. The van der Waals surface area contributed by atoms with Crippen LogP contribution in [0.25, 0.3) is 0 Å². The second-order valence-electron chi connectivity index (χ2n) is 4.12. The third-order valence-corrected chi connectivity index (χ3v) is 4.65. The molecule has 1 aromatic carbocycles. The van der Waals surface area contributed by atoms with Crippen LogP contribution in [0.2, 0.25) is 19.6 Å². The van der Waals surface area contributed by atoms with Crippen LogP contribution >= 0.6 is 0 Å². The average Bonchev–Trinajstić information content (AvgIpc) is 1.86. The highest BCUT2D eigenvalue weighted by Crippen LogP contribution is 1.99. The second kappa shape index (κ2) is 2.95. The summed E-state index contributed by atoms with van der Waals surface area (Å²) in [7, 11) is 0.133. The van der Waals surface area contributed by atoms with E-state index in [1.165, 1.54) is 15.4 Å². The largest absolute Gasteiger partial charge is 0.0775 e. The molecule has 0 nitrogen and oxygen atoms in total. The van der Waals surface area contributed by atoms with Gasteiger partial charge in [-0.1, -0.05) is 54.3 Å². The van der Waals surface area contributed by atoms with Gasteiger partial charge in [-0.05, 0) is 0 Å². The molecule has 0 bridgehead atoms. The highest BCUT2D eigenvalue weighted by atomic mass is 28.3. The van der Waals surface area contributed by atoms with E-state index in [1.807, 2.05) is 0 Å². The minimum absolute atomic E-state index is 1.04. The summed E-state index contributed by atoms with van der Waals surface area (Å²) in [6, 6.07) is 9.13. The molecule has 0 radical (unpaired) electrons. The first kappa shape index (κ1) is 8.75. The molecule has 0 spiro atoms. The highest BCUT2D eigenvalue weighted by molar-refractivity contribution is 6.88. The van der Waals surface area contributed by atoms with E-state index < -0.39 is 8.07 Å². The van der Waals surface area contributed by atoms with Crippen LogP contribution in [0.3, 0.4) is 0 Å². The van der Waals surface area contributed by atoms with Gasteiger partial charge < -0.3 is 0 Å². The molecule has 0 aliphatic heterocycles. The zero-order valence-corrected chi connectivity index (χ0v) is 10.8. The van der Waals surface area contributed by atoms with Crippen molar-refractivity contribution in [2.45, 2.75) is 19.6 Å². The topological polar surface area (TPSA) is 0 Å². The van der Waals surface area contributed by atoms with Crippen molar-refractivity contribution in [3.05, 3.63) is 24.3 Å². The zero-order chi connectivity index (χ0) is 8.48. The molecule has 2 heteroatoms. The molecular weight excluding hydrogens is 164 g/mol. The first-order valence-electron chi connectivity index (χ1n) is 4.07. The molecule has 60 valence electrons. The van der Waals surface area contributed by atoms with E-state index in [4.69, 9.17) is 0 Å². The molecule has 0 heterocycles. The van der Waals surface area contributed by atoms with E-state index in [2.05, 4.69) is 43.9 Å². The van der Waals surface area contributed by atoms with Crippen molar-refractivity contribution < 1.29 is 0 Å². The number of benzene rings is 1. The Bertz CT molecular complexity index is 231. The first-order valence-corrected chi connectivity index (χ1v) is 8.57. The maximum absolute atomic E-state index is 2.38. The third-order valence-electron chi connectivity index (χ3n) is 1.92. The van der Waals surface area contributed by atoms with Crippen molar-refractivity contribution >= 4 is 28.7 Å². The molecule has 0 saturated carbocycles. The molecule has 0 unspecified atom stereocenters. The Morgan fingerprint density at radius 2 is 1.45 bits per heavy atom. The maximum atomic E-state index is 2.38. The van der Waals surface area contributed by atoms with Crippen LogP contribution in [-0.4, -0.2) is 18.3 Å². The van der Waals surface area contributed by atoms with Crippen molar-refractivity contribution in [3.8, 4) is 0 Å². The van der Waals surface area contributed by atoms with Crippen LogP contribution in [0.4, 0.5) is 0 Å². The average molecular weight is 180 g/mol. The van der Waals surface area contributed by atoms with Crippen LogP contribution in [0, 0.1) is 0 Å². The summed E-state index contributed by atoms with van der Waals surface area (Å²) in [6.07, 6.45) is 0. The quantitative estimate of drug-likeness (QED) is 0.543. The Labute approximate surface area is 73.1 Å². The van der Waals surface area contributed by atoms with Crippen molar-refractivity contribution in [2.24, 2.45) is 0 Å². The molecular formula is C9H16Si2. The Hall–Kier alpha value is -0.346. The van der Waals surface area contributed by atoms with Crippen LogP contribution in [0.15, 0.2) is 24.3 Å². The Balaban J connectivity index is 2.99. The molecule has 0 aromatic heterocycles. The number of hydrogen-bond acceptors (Lipinski definition) is 0. The summed E-state index contributed by atoms with van der Waals surface area (Å²) in [5.74, 6) is 0. The lowest BCUT2D eigenvalue weighted by Gasteiger charge is -2.16. The fraction of sp³-hybridized carbons (Fsp3) is 0.333. The molecule has 0 fully saturated rings. The normalized spacial score (nSPS) is 11.9. The van der Waals surface area contributed by atoms with E-state index >= 15 is 0 Å². The molecule has 0 aliphatic carbocycles. The fourth-order valence-electron chi connectivity index (χ4n) is 1.05. The van der Waals surface area contributed by atoms with Crippen molar-refractivity contribution in [2.75, 3.05) is 0 Å². The highest BCUT2D eigenvalue weighted by Gasteiger charge is 2.14. The predicted octanol–water partition coefficient (Wildman–Crippen LogP) is 0.222. The Morgan fingerprint density at radius 3 is 1.82 bits per heavy atom. The van der Waals surface area contributed by atoms with E-state index in [0.29, 0.717) is 0 Å². The van der Waals surface area contributed by atoms with E-state index in [1.54, 1.807) is 5.19 Å². The minimum Gasteiger partial charge on any atom is -0.0708 e. The zero-order valence-electron chi connectivity index (χ0n) is 7.81. The molecule has 0 saturated heterocycles. The lowest BCUT2D eigenvalue weighted by molar-refractivity contribution is 1.71. The Morgan fingerprint density at radius 1 is 1.00 bits per heavy atom. The van der Waals surface area contributed by atoms with E-state index in [-0.39, 0.29) is 0 Å². The second-order valence-corrected chi connectivity index (χ2v) is 10.3. The number of hydrogen-bond donors (Lipinski definition) is 0. The van der Waals surface area contributed by atoms with Crippen molar-refractivity contribution in [1.82, 2.24) is 0 Å². The van der Waals surface area contributed by atoms with Gasteiger partial charge in [0, 0.05) is 10.2 Å². The van der Waals surface area contributed by atoms with E-state index in [9.17, 15) is 0 Å². The van der Waals surface area contributed by atoms with Gasteiger partial charge in [-0.25, -0.2) is 0 Å². The summed E-state index contributed by atoms with van der Waals surface area (Å²) in [5, 5.41) is 3.06. The standard InChI is InChI=1S/C9H16Si2/c1-11(2,3)9-6-4-8(10)5-7-9/h4-7H,1-3,10H3. The van der Waals surface area contributed by atoms with Gasteiger partial charge in [-0.3, -0.25) is 0 Å². The van der Waals surface area contributed by atoms with Crippen LogP contribution in [0.1, 0.15) is 0 Å². The van der Waals surface area contributed by atoms with Gasteiger partial charge in [-0.2, -0.15) is 0 Å². The molecule has 0 aliphatic rings. The SMILES string of the molecule is C[Si](C)(C)c1ccc([SiH3])cc1. The summed E-state index contributed by atoms with van der Waals surface area (Å²) >= 11 is 0. The van der Waals surface area contributed by atoms with Gasteiger partial charge in [0.05, 0.1) is 8.07 Å². The third kappa shape index (κ3) is 2.31. The van der Waals surface area contributed by atoms with Gasteiger partial charge in [0.15, 0.2) is 0 Å². The van der Waals surface area contributed by atoms with Gasteiger partial charge in [0.2, 0.25) is 0 Å². The summed E-state index contributed by atoms with van der Waals surface area (Å²) in [5.41, 5.74) is 0. The predicted molar refractivity (Wildman–Crippen MR) is 59.0 cm³/mol. The van der Waals surface area contributed by atoms with Gasteiger partial charge in [0.1, 0.15) is 0 Å². The monoisotopic (exact) mass is 180 g/mol. The number of rotatable bonds is 1. The van der Waals surface area contributed by atoms with Gasteiger partial charge in [-0.15, -0.1) is 0 Å². The van der Waals surface area contributed by atoms with Crippen molar-refractivity contribution in [3.63, 3.8) is 0 Å². The summed E-state index contributed by atoms with van der Waals surface area (Å²) < 4.78 is 0. The van der Waals surface area contributed by atoms with Crippen LogP contribution in [-0.2, 0) is 0 Å². The molecule has 0 atom stereocenters. The van der Waals surface area contributed by atoms with Crippen LogP contribution in [0.5, 0.6) is 0 Å². The molecule has 1 rings (SSSR count). The minimum atomic E-state index is -1.04. The fourth-order valence-corrected chi connectivity index (χ4v) is 2.55. The first-order chi connectivity index (χ1) is 5.00. The molecule has 11 heavy (non-hydrogen) atoms. The van der Waals surface area contributed by atoms with Crippen molar-refractivity contribution in [1.29, 1.82) is 0 Å². The summed E-state index contributed by atoms with van der Waals surface area (Å²) in [4.78, 5) is 0. The van der Waals surface area contributed by atoms with Crippen LogP contribution < -0.4 is 10.4 Å². The molecule has 0 amide bonds. The van der Waals surface area contributed by atoms with Gasteiger partial charge >= 0.3 is 0 Å². The van der Waals surface area contributed by atoms with E-state index in [0.717, 1.165) is 0 Å². The summed E-state index contributed by atoms with van der Waals surface area (Å²) in [6.45, 7) is 7.15. The lowest BCUT2D eigenvalue weighted by Crippen LogP contribution is -2.37. The maximum Gasteiger partial charge on any atom is 0.0775 e. The lowest BCUT2D eigenvalue weighted by atomic mass is 10.4. The Kier molecular flexibility index (Phi) is 2.35.